The Morgan fingerprint density at radius 3 is 2.96 bits per heavy atom. The first-order valence-electron chi connectivity index (χ1n) is 8.39. The molecule has 0 saturated carbocycles. The van der Waals surface area contributed by atoms with Crippen molar-refractivity contribution < 1.29 is 9.53 Å². The van der Waals surface area contributed by atoms with Crippen LogP contribution in [0.2, 0.25) is 0 Å². The molecule has 6 heteroatoms. The van der Waals surface area contributed by atoms with Gasteiger partial charge >= 0.3 is 0 Å². The van der Waals surface area contributed by atoms with Crippen molar-refractivity contribution in [2.45, 2.75) is 37.4 Å². The quantitative estimate of drug-likeness (QED) is 0.688. The van der Waals surface area contributed by atoms with Crippen molar-refractivity contribution in [3.63, 3.8) is 0 Å². The largest absolute Gasteiger partial charge is 0.382 e. The Hall–Kier alpha value is -2.65. The molecule has 0 fully saturated rings. The minimum Gasteiger partial charge on any atom is -0.382 e. The molecule has 1 aromatic heterocycles. The molecule has 0 radical (unpaired) electrons. The van der Waals surface area contributed by atoms with E-state index in [1.165, 1.54) is 0 Å². The molecule has 0 saturated heterocycles. The van der Waals surface area contributed by atoms with Crippen LogP contribution in [0.1, 0.15) is 37.3 Å². The number of amides is 1. The van der Waals surface area contributed by atoms with Gasteiger partial charge in [-0.2, -0.15) is 10.2 Å². The van der Waals surface area contributed by atoms with Crippen molar-refractivity contribution in [2.75, 3.05) is 13.7 Å². The Kier molecular flexibility index (Phi) is 5.15. The summed E-state index contributed by atoms with van der Waals surface area (Å²) in [5.41, 5.74) is 1.66. The van der Waals surface area contributed by atoms with E-state index in [4.69, 9.17) is 11.2 Å². The summed E-state index contributed by atoms with van der Waals surface area (Å²) in [5, 5.41) is 12.3. The number of nitrogens with one attached hydrogen (secondary N) is 2. The van der Waals surface area contributed by atoms with E-state index in [-0.39, 0.29) is 11.9 Å². The molecule has 3 rings (SSSR count). The average Bonchev–Trinajstić information content (AvgIpc) is 3.24. The van der Waals surface area contributed by atoms with Crippen LogP contribution in [0.5, 0.6) is 0 Å². The molecular formula is C19H22N4O2. The number of rotatable bonds is 9. The maximum Gasteiger partial charge on any atom is 0.220 e. The Balaban J connectivity index is 1.59. The van der Waals surface area contributed by atoms with Crippen LogP contribution in [0.3, 0.4) is 0 Å². The van der Waals surface area contributed by atoms with Gasteiger partial charge in [-0.15, -0.1) is 12.3 Å². The maximum absolute atomic E-state index is 12.4. The van der Waals surface area contributed by atoms with E-state index in [2.05, 4.69) is 32.5 Å². The molecule has 1 aliphatic rings. The fourth-order valence-electron chi connectivity index (χ4n) is 2.92. The fourth-order valence-corrected chi connectivity index (χ4v) is 2.92. The average molecular weight is 338 g/mol. The third kappa shape index (κ3) is 4.25. The van der Waals surface area contributed by atoms with Gasteiger partial charge in [0.2, 0.25) is 5.91 Å². The lowest BCUT2D eigenvalue weighted by atomic mass is 10.0. The first-order chi connectivity index (χ1) is 12.2. The summed E-state index contributed by atoms with van der Waals surface area (Å²) in [6.07, 6.45) is 9.48. The monoisotopic (exact) mass is 338 g/mol. The number of fused-ring (bicyclic) bond motifs is 1. The summed E-state index contributed by atoms with van der Waals surface area (Å²) in [4.78, 5) is 15.5. The minimum absolute atomic E-state index is 0.0337. The number of aromatic nitrogens is 1. The highest BCUT2D eigenvalue weighted by Gasteiger charge is 2.39. The normalized spacial score (nSPS) is 15.7. The third-order valence-electron chi connectivity index (χ3n) is 4.45. The molecule has 1 unspecified atom stereocenters. The molecule has 2 heterocycles. The van der Waals surface area contributed by atoms with Crippen LogP contribution in [0.25, 0.3) is 10.9 Å². The number of terminal acetylenes is 1. The number of hydrogen-bond acceptors (Lipinski definition) is 4. The van der Waals surface area contributed by atoms with E-state index in [1.54, 1.807) is 7.11 Å². The number of nitrogens with zero attached hydrogens (tertiary/aromatic N) is 2. The van der Waals surface area contributed by atoms with Gasteiger partial charge in [0.15, 0.2) is 5.66 Å². The molecule has 130 valence electrons. The molecule has 1 atom stereocenters. The van der Waals surface area contributed by atoms with Crippen LogP contribution in [-0.2, 0) is 9.53 Å². The Morgan fingerprint density at radius 2 is 2.24 bits per heavy atom. The number of hydrogen-bond donors (Lipinski definition) is 2. The van der Waals surface area contributed by atoms with Crippen molar-refractivity contribution in [1.29, 1.82) is 0 Å². The van der Waals surface area contributed by atoms with Gasteiger partial charge in [-0.1, -0.05) is 6.07 Å². The lowest BCUT2D eigenvalue weighted by Crippen LogP contribution is -2.32. The van der Waals surface area contributed by atoms with Gasteiger partial charge in [0.25, 0.3) is 0 Å². The molecule has 6 nitrogen and oxygen atoms in total. The summed E-state index contributed by atoms with van der Waals surface area (Å²) in [6.45, 7) is 0.415. The first-order valence-corrected chi connectivity index (χ1v) is 8.39. The lowest BCUT2D eigenvalue weighted by molar-refractivity contribution is -0.122. The summed E-state index contributed by atoms with van der Waals surface area (Å²) >= 11 is 0. The second-order valence-electron chi connectivity index (χ2n) is 6.29. The number of benzene rings is 1. The fraction of sp³-hybridized carbons (Fsp3) is 0.421. The van der Waals surface area contributed by atoms with Gasteiger partial charge in [-0.05, 0) is 29.1 Å². The van der Waals surface area contributed by atoms with Crippen molar-refractivity contribution in [2.24, 2.45) is 10.2 Å². The molecule has 2 aromatic rings. The highest BCUT2D eigenvalue weighted by Crippen LogP contribution is 2.37. The summed E-state index contributed by atoms with van der Waals surface area (Å²) < 4.78 is 5.28. The van der Waals surface area contributed by atoms with Gasteiger partial charge in [0, 0.05) is 44.5 Å². The highest BCUT2D eigenvalue weighted by atomic mass is 16.5. The predicted molar refractivity (Wildman–Crippen MR) is 95.9 cm³/mol. The molecular weight excluding hydrogens is 316 g/mol. The zero-order chi connectivity index (χ0) is 17.7. The maximum atomic E-state index is 12.4. The standard InChI is InChI=1S/C19H22N4O2/c1-3-4-9-19(22-23-19)10-7-18(24)21-17(13-25-2)14-5-6-16-15(12-14)8-11-20-16/h1,5-6,8,11-12,17,20H,4,7,9-10,13H2,2H3,(H,21,24). The van der Waals surface area contributed by atoms with E-state index in [1.807, 2.05) is 24.4 Å². The molecule has 1 aliphatic heterocycles. The van der Waals surface area contributed by atoms with Crippen LogP contribution in [0.4, 0.5) is 0 Å². The highest BCUT2D eigenvalue weighted by molar-refractivity contribution is 5.81. The van der Waals surface area contributed by atoms with Gasteiger partial charge in [-0.25, -0.2) is 0 Å². The number of carbonyl (C=O) groups excluding carboxylic acids is 1. The smallest absolute Gasteiger partial charge is 0.220 e. The van der Waals surface area contributed by atoms with E-state index in [0.717, 1.165) is 16.5 Å². The van der Waals surface area contributed by atoms with Crippen LogP contribution in [0.15, 0.2) is 40.7 Å². The molecule has 0 aliphatic carbocycles. The molecule has 0 spiro atoms. The third-order valence-corrected chi connectivity index (χ3v) is 4.45. The zero-order valence-corrected chi connectivity index (χ0v) is 14.3. The summed E-state index contributed by atoms with van der Waals surface area (Å²) in [5.74, 6) is 2.56. The minimum atomic E-state index is -0.426. The van der Waals surface area contributed by atoms with E-state index < -0.39 is 5.66 Å². The number of H-pyrrole nitrogens is 1. The molecule has 0 bridgehead atoms. The van der Waals surface area contributed by atoms with Crippen molar-refractivity contribution >= 4 is 16.8 Å². The van der Waals surface area contributed by atoms with Crippen LogP contribution in [0, 0.1) is 12.3 Å². The number of aromatic amines is 1. The van der Waals surface area contributed by atoms with Crippen molar-refractivity contribution in [1.82, 2.24) is 10.3 Å². The van der Waals surface area contributed by atoms with Crippen molar-refractivity contribution in [3.8, 4) is 12.3 Å². The Labute approximate surface area is 147 Å². The Morgan fingerprint density at radius 1 is 1.40 bits per heavy atom. The number of carbonyl (C=O) groups is 1. The number of ether oxygens (including phenoxy) is 1. The number of methoxy groups -OCH3 is 1. The molecule has 1 aromatic carbocycles. The van der Waals surface area contributed by atoms with E-state index in [9.17, 15) is 4.79 Å². The first kappa shape index (κ1) is 17.2. The van der Waals surface area contributed by atoms with Crippen LogP contribution < -0.4 is 5.32 Å². The summed E-state index contributed by atoms with van der Waals surface area (Å²) in [7, 11) is 1.63. The molecule has 25 heavy (non-hydrogen) atoms. The predicted octanol–water partition coefficient (Wildman–Crippen LogP) is 3.33. The van der Waals surface area contributed by atoms with Crippen molar-refractivity contribution in [3.05, 3.63) is 36.0 Å². The van der Waals surface area contributed by atoms with Gasteiger partial charge < -0.3 is 15.0 Å². The molecule has 1 amide bonds. The molecule has 2 N–H and O–H groups in total. The lowest BCUT2D eigenvalue weighted by Gasteiger charge is -2.19. The second kappa shape index (κ2) is 7.49. The topological polar surface area (TPSA) is 78.8 Å². The Bertz CT molecular complexity index is 812. The van der Waals surface area contributed by atoms with Gasteiger partial charge in [0.1, 0.15) is 0 Å². The SMILES string of the molecule is C#CCCC1(CCC(=O)NC(COC)c2ccc3[nH]ccc3c2)N=N1. The summed E-state index contributed by atoms with van der Waals surface area (Å²) in [6, 6.07) is 7.90. The van der Waals surface area contributed by atoms with E-state index in [0.29, 0.717) is 32.3 Å². The van der Waals surface area contributed by atoms with Crippen LogP contribution >= 0.6 is 0 Å². The second-order valence-corrected chi connectivity index (χ2v) is 6.29. The van der Waals surface area contributed by atoms with Gasteiger partial charge in [-0.3, -0.25) is 4.79 Å². The zero-order valence-electron chi connectivity index (χ0n) is 14.3. The van der Waals surface area contributed by atoms with E-state index >= 15 is 0 Å². The van der Waals surface area contributed by atoms with Crippen LogP contribution in [-0.4, -0.2) is 30.3 Å². The van der Waals surface area contributed by atoms with Gasteiger partial charge in [0.05, 0.1) is 12.6 Å².